The second-order valence-electron chi connectivity index (χ2n) is 6.19. The number of hydrogen-bond acceptors (Lipinski definition) is 4. The van der Waals surface area contributed by atoms with E-state index in [9.17, 15) is 14.0 Å². The zero-order chi connectivity index (χ0) is 20.4. The van der Waals surface area contributed by atoms with E-state index in [1.165, 1.54) is 29.2 Å². The number of carbonyl (C=O) groups is 2. The fourth-order valence-corrected chi connectivity index (χ4v) is 3.31. The van der Waals surface area contributed by atoms with Crippen LogP contribution in [0, 0.1) is 12.7 Å². The molecular weight excluding hydrogens is 387 g/mol. The maximum Gasteiger partial charge on any atom is 0.322 e. The lowest BCUT2D eigenvalue weighted by Crippen LogP contribution is -2.48. The summed E-state index contributed by atoms with van der Waals surface area (Å²) >= 11 is 6.19. The minimum absolute atomic E-state index is 0.0107. The van der Waals surface area contributed by atoms with E-state index in [0.717, 1.165) is 0 Å². The molecule has 0 spiro atoms. The number of hydrogen-bond donors (Lipinski definition) is 2. The first-order valence-corrected chi connectivity index (χ1v) is 8.79. The van der Waals surface area contributed by atoms with Crippen molar-refractivity contribution in [3.8, 4) is 0 Å². The number of aromatic nitrogens is 1. The van der Waals surface area contributed by atoms with E-state index in [-0.39, 0.29) is 28.5 Å². The van der Waals surface area contributed by atoms with Gasteiger partial charge in [-0.1, -0.05) is 28.9 Å². The summed E-state index contributed by atoms with van der Waals surface area (Å²) in [5.41, 5.74) is 0.497. The van der Waals surface area contributed by atoms with E-state index in [1.54, 1.807) is 19.9 Å². The number of benzene rings is 1. The van der Waals surface area contributed by atoms with Gasteiger partial charge in [-0.25, -0.2) is 9.18 Å². The molecule has 1 aromatic heterocycles. The molecule has 9 heteroatoms. The molecule has 28 heavy (non-hydrogen) atoms. The topological polar surface area (TPSA) is 87.5 Å². The molecule has 3 rings (SSSR count). The highest BCUT2D eigenvalue weighted by molar-refractivity contribution is 6.31. The smallest absolute Gasteiger partial charge is 0.322 e. The van der Waals surface area contributed by atoms with Crippen LogP contribution in [0.25, 0.3) is 0 Å². The van der Waals surface area contributed by atoms with Crippen LogP contribution in [-0.2, 0) is 4.79 Å². The molecule has 0 fully saturated rings. The third kappa shape index (κ3) is 3.63. The summed E-state index contributed by atoms with van der Waals surface area (Å²) in [7, 11) is 0. The summed E-state index contributed by atoms with van der Waals surface area (Å²) < 4.78 is 19.5. The van der Waals surface area contributed by atoms with Gasteiger partial charge in [-0.2, -0.15) is 0 Å². The van der Waals surface area contributed by atoms with E-state index < -0.39 is 23.8 Å². The van der Waals surface area contributed by atoms with Crippen LogP contribution in [0.15, 0.2) is 52.7 Å². The van der Waals surface area contributed by atoms with E-state index in [4.69, 9.17) is 16.1 Å². The molecule has 2 aromatic rings. The molecule has 146 valence electrons. The van der Waals surface area contributed by atoms with Crippen LogP contribution in [0.3, 0.4) is 0 Å². The lowest BCUT2D eigenvalue weighted by molar-refractivity contribution is -0.113. The highest BCUT2D eigenvalue weighted by atomic mass is 35.5. The number of anilines is 1. The summed E-state index contributed by atoms with van der Waals surface area (Å²) in [4.78, 5) is 26.9. The van der Waals surface area contributed by atoms with Gasteiger partial charge in [0, 0.05) is 28.9 Å². The fraction of sp³-hybridized carbons (Fsp3) is 0.211. The molecule has 0 aliphatic carbocycles. The number of urea groups is 1. The first kappa shape index (κ1) is 19.6. The molecule has 0 unspecified atom stereocenters. The standard InChI is InChI=1S/C19H18ClFN4O3/c1-4-8-25-11(3)15(18(26)22-14-9-10(2)28-24-14)17(23-19(25)27)16-12(20)6-5-7-13(16)21/h4-7,9,17H,1,8H2,2-3H3,(H,23,27)(H,22,24,26)/t17-/m1/s1. The first-order chi connectivity index (χ1) is 13.3. The van der Waals surface area contributed by atoms with Crippen molar-refractivity contribution in [2.75, 3.05) is 11.9 Å². The van der Waals surface area contributed by atoms with Gasteiger partial charge in [0.2, 0.25) is 0 Å². The Bertz CT molecular complexity index is 965. The van der Waals surface area contributed by atoms with Gasteiger partial charge in [0.1, 0.15) is 11.6 Å². The van der Waals surface area contributed by atoms with Crippen molar-refractivity contribution < 1.29 is 18.5 Å². The average Bonchev–Trinajstić information content (AvgIpc) is 3.03. The molecule has 1 aromatic carbocycles. The third-order valence-electron chi connectivity index (χ3n) is 4.31. The molecule has 0 radical (unpaired) electrons. The van der Waals surface area contributed by atoms with Crippen LogP contribution in [0.5, 0.6) is 0 Å². The van der Waals surface area contributed by atoms with Gasteiger partial charge in [-0.3, -0.25) is 9.69 Å². The largest absolute Gasteiger partial charge is 0.360 e. The zero-order valence-corrected chi connectivity index (χ0v) is 16.0. The molecule has 1 aliphatic heterocycles. The number of aryl methyl sites for hydroxylation is 1. The van der Waals surface area contributed by atoms with Crippen LogP contribution in [0.1, 0.15) is 24.3 Å². The number of nitrogens with one attached hydrogen (secondary N) is 2. The number of allylic oxidation sites excluding steroid dienone is 1. The van der Waals surface area contributed by atoms with Gasteiger partial charge in [-0.15, -0.1) is 6.58 Å². The van der Waals surface area contributed by atoms with E-state index >= 15 is 0 Å². The van der Waals surface area contributed by atoms with Crippen LogP contribution in [0.4, 0.5) is 15.0 Å². The number of carbonyl (C=O) groups excluding carboxylic acids is 2. The molecule has 3 amide bonds. The second kappa shape index (κ2) is 7.85. The predicted molar refractivity (Wildman–Crippen MR) is 102 cm³/mol. The van der Waals surface area contributed by atoms with Gasteiger partial charge in [0.25, 0.3) is 5.91 Å². The summed E-state index contributed by atoms with van der Waals surface area (Å²) in [6.45, 7) is 7.08. The Hall–Kier alpha value is -3.13. The molecule has 2 heterocycles. The van der Waals surface area contributed by atoms with Crippen LogP contribution < -0.4 is 10.6 Å². The Balaban J connectivity index is 2.10. The lowest BCUT2D eigenvalue weighted by atomic mass is 9.93. The monoisotopic (exact) mass is 404 g/mol. The van der Waals surface area contributed by atoms with Gasteiger partial charge in [0.05, 0.1) is 11.6 Å². The van der Waals surface area contributed by atoms with Gasteiger partial charge >= 0.3 is 6.03 Å². The summed E-state index contributed by atoms with van der Waals surface area (Å²) in [6.07, 6.45) is 1.52. The summed E-state index contributed by atoms with van der Waals surface area (Å²) in [5.74, 6) is -0.484. The Kier molecular flexibility index (Phi) is 5.51. The molecule has 0 bridgehead atoms. The molecule has 1 aliphatic rings. The minimum atomic E-state index is -1.07. The quantitative estimate of drug-likeness (QED) is 0.739. The van der Waals surface area contributed by atoms with Crippen molar-refractivity contribution in [1.29, 1.82) is 0 Å². The highest BCUT2D eigenvalue weighted by Crippen LogP contribution is 2.36. The normalized spacial score (nSPS) is 16.8. The number of amides is 3. The third-order valence-corrected chi connectivity index (χ3v) is 4.64. The average molecular weight is 405 g/mol. The highest BCUT2D eigenvalue weighted by Gasteiger charge is 2.37. The van der Waals surface area contributed by atoms with Crippen molar-refractivity contribution in [2.24, 2.45) is 0 Å². The van der Waals surface area contributed by atoms with Crippen LogP contribution in [0.2, 0.25) is 5.02 Å². The summed E-state index contributed by atoms with van der Waals surface area (Å²) in [5, 5.41) is 9.09. The fourth-order valence-electron chi connectivity index (χ4n) is 3.04. The van der Waals surface area contributed by atoms with Crippen molar-refractivity contribution >= 4 is 29.4 Å². The molecule has 1 atom stereocenters. The SMILES string of the molecule is C=CCN1C(=O)N[C@@H](c2c(F)cccc2Cl)C(C(=O)Nc2cc(C)on2)=C1C. The second-order valence-corrected chi connectivity index (χ2v) is 6.60. The summed E-state index contributed by atoms with van der Waals surface area (Å²) in [6, 6.07) is 4.14. The molecule has 0 saturated carbocycles. The molecule has 0 saturated heterocycles. The molecule has 2 N–H and O–H groups in total. The minimum Gasteiger partial charge on any atom is -0.360 e. The molecular formula is C19H18ClFN4O3. The molecule has 7 nitrogen and oxygen atoms in total. The van der Waals surface area contributed by atoms with Crippen LogP contribution in [-0.4, -0.2) is 28.5 Å². The van der Waals surface area contributed by atoms with Crippen molar-refractivity contribution in [2.45, 2.75) is 19.9 Å². The number of halogens is 2. The Morgan fingerprint density at radius 2 is 2.25 bits per heavy atom. The van der Waals surface area contributed by atoms with Crippen molar-refractivity contribution in [1.82, 2.24) is 15.4 Å². The van der Waals surface area contributed by atoms with Gasteiger partial charge in [-0.05, 0) is 26.0 Å². The first-order valence-electron chi connectivity index (χ1n) is 8.41. The predicted octanol–water partition coefficient (Wildman–Crippen LogP) is 3.94. The maximum atomic E-state index is 14.6. The zero-order valence-electron chi connectivity index (χ0n) is 15.3. The Morgan fingerprint density at radius 1 is 1.50 bits per heavy atom. The van der Waals surface area contributed by atoms with Crippen LogP contribution >= 0.6 is 11.6 Å². The van der Waals surface area contributed by atoms with E-state index in [2.05, 4.69) is 22.4 Å². The van der Waals surface area contributed by atoms with Crippen molar-refractivity contribution in [3.63, 3.8) is 0 Å². The lowest BCUT2D eigenvalue weighted by Gasteiger charge is -2.35. The van der Waals surface area contributed by atoms with Gasteiger partial charge < -0.3 is 15.2 Å². The van der Waals surface area contributed by atoms with E-state index in [1.807, 2.05) is 0 Å². The number of nitrogens with zero attached hydrogens (tertiary/aromatic N) is 2. The maximum absolute atomic E-state index is 14.6. The Labute approximate surface area is 165 Å². The van der Waals surface area contributed by atoms with Gasteiger partial charge in [0.15, 0.2) is 5.82 Å². The van der Waals surface area contributed by atoms with Crippen molar-refractivity contribution in [3.05, 3.63) is 70.4 Å². The Morgan fingerprint density at radius 3 is 2.86 bits per heavy atom. The van der Waals surface area contributed by atoms with E-state index in [0.29, 0.717) is 11.5 Å². The number of rotatable bonds is 5.